The Hall–Kier alpha value is -1.88. The van der Waals surface area contributed by atoms with Gasteiger partial charge in [-0.05, 0) is 29.9 Å². The minimum Gasteiger partial charge on any atom is -0.312 e. The number of amides is 1. The molecular formula is C13H12ClN3O2. The summed E-state index contributed by atoms with van der Waals surface area (Å²) in [5.74, 6) is 0.951. The van der Waals surface area contributed by atoms with Gasteiger partial charge in [-0.15, -0.1) is 0 Å². The second-order valence-corrected chi connectivity index (χ2v) is 5.32. The first-order chi connectivity index (χ1) is 9.04. The van der Waals surface area contributed by atoms with E-state index in [1.807, 2.05) is 6.92 Å². The molecular weight excluding hydrogens is 266 g/mol. The predicted octanol–water partition coefficient (Wildman–Crippen LogP) is 2.17. The second-order valence-electron chi connectivity index (χ2n) is 4.91. The minimum absolute atomic E-state index is 0.0183. The van der Waals surface area contributed by atoms with Crippen molar-refractivity contribution in [3.63, 3.8) is 0 Å². The van der Waals surface area contributed by atoms with Crippen LogP contribution in [0.4, 0.5) is 5.82 Å². The number of aromatic amines is 1. The largest absolute Gasteiger partial charge is 0.312 e. The number of aromatic nitrogens is 2. The van der Waals surface area contributed by atoms with Gasteiger partial charge in [-0.2, -0.15) is 0 Å². The molecule has 1 aliphatic rings. The third-order valence-corrected chi connectivity index (χ3v) is 3.60. The summed E-state index contributed by atoms with van der Waals surface area (Å²) in [6.45, 7) is 2.04. The molecule has 2 N–H and O–H groups in total. The van der Waals surface area contributed by atoms with Crippen molar-refractivity contribution in [2.75, 3.05) is 5.32 Å². The van der Waals surface area contributed by atoms with Gasteiger partial charge >= 0.3 is 0 Å². The predicted molar refractivity (Wildman–Crippen MR) is 73.3 cm³/mol. The Bertz CT molecular complexity index is 725. The average Bonchev–Trinajstić information content (AvgIpc) is 3.05. The Labute approximate surface area is 114 Å². The van der Waals surface area contributed by atoms with Gasteiger partial charge in [0.05, 0.1) is 5.39 Å². The standard InChI is InChI=1S/C13H12ClN3O2/c1-6-2-8(6)12(18)17-11-4-7-3-10(14)16-13(19)9(7)5-15-11/h3-6,8H,2H2,1H3,(H,16,19)(H,15,17,18). The first kappa shape index (κ1) is 12.2. The van der Waals surface area contributed by atoms with E-state index in [0.717, 1.165) is 6.42 Å². The molecule has 0 saturated heterocycles. The number of pyridine rings is 2. The summed E-state index contributed by atoms with van der Waals surface area (Å²) in [6, 6.07) is 3.29. The molecule has 2 atom stereocenters. The molecule has 2 aromatic rings. The van der Waals surface area contributed by atoms with Crippen LogP contribution in [0.5, 0.6) is 0 Å². The number of halogens is 1. The number of nitrogens with one attached hydrogen (secondary N) is 2. The average molecular weight is 278 g/mol. The van der Waals surface area contributed by atoms with Crippen LogP contribution in [0.2, 0.25) is 5.15 Å². The van der Waals surface area contributed by atoms with Crippen LogP contribution in [0, 0.1) is 11.8 Å². The summed E-state index contributed by atoms with van der Waals surface area (Å²) < 4.78 is 0. The molecule has 19 heavy (non-hydrogen) atoms. The topological polar surface area (TPSA) is 74.8 Å². The van der Waals surface area contributed by atoms with Gasteiger partial charge in [-0.25, -0.2) is 4.98 Å². The van der Waals surface area contributed by atoms with E-state index in [-0.39, 0.29) is 22.5 Å². The zero-order chi connectivity index (χ0) is 13.6. The molecule has 5 nitrogen and oxygen atoms in total. The number of nitrogens with zero attached hydrogens (tertiary/aromatic N) is 1. The maximum Gasteiger partial charge on any atom is 0.258 e. The van der Waals surface area contributed by atoms with E-state index < -0.39 is 0 Å². The van der Waals surface area contributed by atoms with E-state index in [0.29, 0.717) is 22.5 Å². The fourth-order valence-electron chi connectivity index (χ4n) is 2.10. The Morgan fingerprint density at radius 1 is 1.53 bits per heavy atom. The Kier molecular flexibility index (Phi) is 2.78. The molecule has 1 aliphatic carbocycles. The summed E-state index contributed by atoms with van der Waals surface area (Å²) in [5.41, 5.74) is -0.288. The molecule has 2 unspecified atom stereocenters. The zero-order valence-corrected chi connectivity index (χ0v) is 11.0. The Morgan fingerprint density at radius 3 is 2.95 bits per heavy atom. The lowest BCUT2D eigenvalue weighted by Crippen LogP contribution is -2.15. The van der Waals surface area contributed by atoms with E-state index in [1.165, 1.54) is 6.20 Å². The Morgan fingerprint density at radius 2 is 2.26 bits per heavy atom. The number of fused-ring (bicyclic) bond motifs is 1. The number of hydrogen-bond donors (Lipinski definition) is 2. The van der Waals surface area contributed by atoms with Crippen LogP contribution in [-0.4, -0.2) is 15.9 Å². The summed E-state index contributed by atoms with van der Waals surface area (Å²) >= 11 is 5.80. The monoisotopic (exact) mass is 277 g/mol. The van der Waals surface area contributed by atoms with Crippen LogP contribution in [0.15, 0.2) is 23.1 Å². The van der Waals surface area contributed by atoms with Gasteiger partial charge in [-0.1, -0.05) is 18.5 Å². The van der Waals surface area contributed by atoms with Crippen molar-refractivity contribution in [1.29, 1.82) is 0 Å². The SMILES string of the molecule is CC1CC1C(=O)Nc1cc2cc(Cl)[nH]c(=O)c2cn1. The normalized spacial score (nSPS) is 21.4. The van der Waals surface area contributed by atoms with Gasteiger partial charge in [0.15, 0.2) is 0 Å². The number of hydrogen-bond acceptors (Lipinski definition) is 3. The Balaban J connectivity index is 1.93. The molecule has 98 valence electrons. The third-order valence-electron chi connectivity index (χ3n) is 3.39. The molecule has 2 heterocycles. The quantitative estimate of drug-likeness (QED) is 0.826. The number of carbonyl (C=O) groups is 1. The molecule has 6 heteroatoms. The third kappa shape index (κ3) is 2.33. The highest BCUT2D eigenvalue weighted by Gasteiger charge is 2.39. The van der Waals surface area contributed by atoms with Gasteiger partial charge in [-0.3, -0.25) is 9.59 Å². The van der Waals surface area contributed by atoms with E-state index in [1.54, 1.807) is 12.1 Å². The lowest BCUT2D eigenvalue weighted by atomic mass is 10.2. The van der Waals surface area contributed by atoms with Gasteiger partial charge in [0.1, 0.15) is 11.0 Å². The highest BCUT2D eigenvalue weighted by molar-refractivity contribution is 6.30. The molecule has 0 bridgehead atoms. The van der Waals surface area contributed by atoms with Gasteiger partial charge < -0.3 is 10.3 Å². The van der Waals surface area contributed by atoms with E-state index >= 15 is 0 Å². The molecule has 0 radical (unpaired) electrons. The minimum atomic E-state index is -0.288. The number of rotatable bonds is 2. The molecule has 1 amide bonds. The smallest absolute Gasteiger partial charge is 0.258 e. The lowest BCUT2D eigenvalue weighted by molar-refractivity contribution is -0.117. The van der Waals surface area contributed by atoms with Crippen molar-refractivity contribution < 1.29 is 4.79 Å². The molecule has 0 aliphatic heterocycles. The van der Waals surface area contributed by atoms with Crippen molar-refractivity contribution >= 4 is 34.1 Å². The van der Waals surface area contributed by atoms with Crippen molar-refractivity contribution in [2.45, 2.75) is 13.3 Å². The number of H-pyrrole nitrogens is 1. The summed E-state index contributed by atoms with van der Waals surface area (Å²) in [6.07, 6.45) is 2.36. The first-order valence-electron chi connectivity index (χ1n) is 6.04. The summed E-state index contributed by atoms with van der Waals surface area (Å²) in [7, 11) is 0. The maximum absolute atomic E-state index is 11.8. The van der Waals surface area contributed by atoms with E-state index in [9.17, 15) is 9.59 Å². The molecule has 0 aromatic carbocycles. The molecule has 3 rings (SSSR count). The molecule has 2 aromatic heterocycles. The van der Waals surface area contributed by atoms with Crippen LogP contribution in [0.25, 0.3) is 10.8 Å². The van der Waals surface area contributed by atoms with Crippen molar-refractivity contribution in [3.05, 3.63) is 33.8 Å². The molecule has 0 spiro atoms. The maximum atomic E-state index is 11.8. The van der Waals surface area contributed by atoms with E-state index in [2.05, 4.69) is 15.3 Å². The number of carbonyl (C=O) groups excluding carboxylic acids is 1. The van der Waals surface area contributed by atoms with Gasteiger partial charge in [0.2, 0.25) is 5.91 Å². The van der Waals surface area contributed by atoms with Crippen LogP contribution >= 0.6 is 11.6 Å². The van der Waals surface area contributed by atoms with Crippen molar-refractivity contribution in [1.82, 2.24) is 9.97 Å². The van der Waals surface area contributed by atoms with Crippen LogP contribution < -0.4 is 10.9 Å². The first-order valence-corrected chi connectivity index (χ1v) is 6.42. The highest BCUT2D eigenvalue weighted by Crippen LogP contribution is 2.38. The van der Waals surface area contributed by atoms with Gasteiger partial charge in [0, 0.05) is 12.1 Å². The van der Waals surface area contributed by atoms with Crippen molar-refractivity contribution in [2.24, 2.45) is 11.8 Å². The highest BCUT2D eigenvalue weighted by atomic mass is 35.5. The van der Waals surface area contributed by atoms with Crippen molar-refractivity contribution in [3.8, 4) is 0 Å². The molecule has 1 fully saturated rings. The second kappa shape index (κ2) is 4.35. The summed E-state index contributed by atoms with van der Waals surface area (Å²) in [4.78, 5) is 30.0. The van der Waals surface area contributed by atoms with Crippen LogP contribution in [-0.2, 0) is 4.79 Å². The van der Waals surface area contributed by atoms with Crippen LogP contribution in [0.3, 0.4) is 0 Å². The fraction of sp³-hybridized carbons (Fsp3) is 0.308. The van der Waals surface area contributed by atoms with Gasteiger partial charge in [0.25, 0.3) is 5.56 Å². The summed E-state index contributed by atoms with van der Waals surface area (Å²) in [5, 5.41) is 4.12. The van der Waals surface area contributed by atoms with Crippen LogP contribution in [0.1, 0.15) is 13.3 Å². The lowest BCUT2D eigenvalue weighted by Gasteiger charge is -2.05. The molecule has 1 saturated carbocycles. The zero-order valence-electron chi connectivity index (χ0n) is 10.2. The fourth-order valence-corrected chi connectivity index (χ4v) is 2.31. The number of anilines is 1. The van der Waals surface area contributed by atoms with E-state index in [4.69, 9.17) is 11.6 Å².